The third-order valence-electron chi connectivity index (χ3n) is 7.71. The molecule has 0 bridgehead atoms. The molecule has 0 aromatic heterocycles. The van der Waals surface area contributed by atoms with Gasteiger partial charge in [0.2, 0.25) is 0 Å². The van der Waals surface area contributed by atoms with E-state index in [1.54, 1.807) is 6.07 Å². The van der Waals surface area contributed by atoms with E-state index < -0.39 is 0 Å². The molecule has 39 heavy (non-hydrogen) atoms. The molecule has 1 fully saturated rings. The highest BCUT2D eigenvalue weighted by molar-refractivity contribution is 6.26. The summed E-state index contributed by atoms with van der Waals surface area (Å²) in [4.78, 5) is 59.2. The zero-order valence-corrected chi connectivity index (χ0v) is 22.9. The molecule has 4 N–H and O–H groups in total. The van der Waals surface area contributed by atoms with Crippen molar-refractivity contribution in [2.45, 2.75) is 25.7 Å². The number of anilines is 1. The van der Waals surface area contributed by atoms with Crippen molar-refractivity contribution in [3.63, 3.8) is 0 Å². The van der Waals surface area contributed by atoms with Gasteiger partial charge in [-0.15, -0.1) is 0 Å². The van der Waals surface area contributed by atoms with E-state index in [1.165, 1.54) is 4.90 Å². The molecule has 0 radical (unpaired) electrons. The van der Waals surface area contributed by atoms with Gasteiger partial charge in [-0.05, 0) is 38.3 Å². The van der Waals surface area contributed by atoms with Crippen molar-refractivity contribution in [2.75, 3.05) is 77.4 Å². The first kappa shape index (κ1) is 28.8. The quantitative estimate of drug-likeness (QED) is 0.341. The van der Waals surface area contributed by atoms with Crippen molar-refractivity contribution >= 4 is 39.8 Å². The predicted octanol–water partition coefficient (Wildman–Crippen LogP) is 1.11. The Morgan fingerprint density at radius 3 is 1.97 bits per heavy atom. The summed E-state index contributed by atoms with van der Waals surface area (Å²) in [6, 6.07) is 9.50. The van der Waals surface area contributed by atoms with E-state index in [0.717, 1.165) is 42.6 Å². The van der Waals surface area contributed by atoms with Crippen LogP contribution in [-0.2, 0) is 9.59 Å². The highest BCUT2D eigenvalue weighted by Crippen LogP contribution is 2.36. The van der Waals surface area contributed by atoms with E-state index in [0.29, 0.717) is 69.5 Å². The van der Waals surface area contributed by atoms with Crippen molar-refractivity contribution in [1.82, 2.24) is 14.7 Å². The highest BCUT2D eigenvalue weighted by atomic mass is 16.2. The van der Waals surface area contributed by atoms with E-state index in [9.17, 15) is 19.2 Å². The first-order chi connectivity index (χ1) is 18.8. The molecule has 0 spiro atoms. The van der Waals surface area contributed by atoms with Gasteiger partial charge in [-0.3, -0.25) is 24.1 Å². The molecule has 210 valence electrons. The van der Waals surface area contributed by atoms with Gasteiger partial charge in [0.05, 0.1) is 0 Å². The van der Waals surface area contributed by atoms with Crippen LogP contribution in [0.5, 0.6) is 0 Å². The molecule has 10 heteroatoms. The molecule has 2 heterocycles. The number of piperazine rings is 1. The minimum absolute atomic E-state index is 0.0534. The highest BCUT2D eigenvalue weighted by Gasteiger charge is 2.34. The summed E-state index contributed by atoms with van der Waals surface area (Å²) in [5.41, 5.74) is 13.1. The second kappa shape index (κ2) is 13.3. The minimum atomic E-state index is -0.313. The number of amides is 2. The first-order valence-electron chi connectivity index (χ1n) is 13.8. The monoisotopic (exact) mass is 536 g/mol. The summed E-state index contributed by atoms with van der Waals surface area (Å²) in [5, 5.41) is 1.64. The van der Waals surface area contributed by atoms with Crippen LogP contribution in [0.1, 0.15) is 46.4 Å². The number of nitrogens with zero attached hydrogens (tertiary/aromatic N) is 4. The summed E-state index contributed by atoms with van der Waals surface area (Å²) in [6.45, 7) is 5.70. The number of benzene rings is 2. The molecule has 2 amide bonds. The van der Waals surface area contributed by atoms with Crippen molar-refractivity contribution < 1.29 is 19.2 Å². The number of imide groups is 1. The molecule has 0 atom stereocenters. The number of carbonyl (C=O) groups excluding carboxylic acids is 4. The molecule has 1 saturated heterocycles. The molecule has 10 nitrogen and oxygen atoms in total. The number of Topliss-reactive ketones (excluding diaryl/α,β-unsaturated/α-hetero) is 2. The van der Waals surface area contributed by atoms with Crippen LogP contribution in [0.4, 0.5) is 5.69 Å². The number of ketones is 2. The molecule has 0 aliphatic carbocycles. The van der Waals surface area contributed by atoms with Crippen LogP contribution in [0.3, 0.4) is 0 Å². The van der Waals surface area contributed by atoms with Crippen LogP contribution in [0.2, 0.25) is 0 Å². The van der Waals surface area contributed by atoms with Gasteiger partial charge in [0.15, 0.2) is 0 Å². The molecule has 0 unspecified atom stereocenters. The number of carbonyl (C=O) groups is 4. The van der Waals surface area contributed by atoms with E-state index in [4.69, 9.17) is 11.5 Å². The fourth-order valence-electron chi connectivity index (χ4n) is 5.37. The Kier molecular flexibility index (Phi) is 9.79. The lowest BCUT2D eigenvalue weighted by Gasteiger charge is -2.36. The fourth-order valence-corrected chi connectivity index (χ4v) is 5.37. The standard InChI is InChI=1S/C29H40N6O4/c1-32-15-18-34(19-16-32)26-6-5-25-27-23(26)3-2-4-24(27)28(38)35(29(25)39)20-17-33(13-9-21(36)7-11-30)14-10-22(37)8-12-31/h2-6H,7-20,30-31H2,1H3. The number of likely N-dealkylation sites (N-methyl/N-ethyl adjacent to an activating group) is 1. The number of hydrogen-bond acceptors (Lipinski definition) is 9. The van der Waals surface area contributed by atoms with Crippen LogP contribution >= 0.6 is 0 Å². The van der Waals surface area contributed by atoms with Crippen LogP contribution in [0.25, 0.3) is 10.8 Å². The Labute approximate surface area is 229 Å². The molecule has 2 aromatic rings. The molecule has 2 aliphatic heterocycles. The van der Waals surface area contributed by atoms with Crippen molar-refractivity contribution in [2.24, 2.45) is 11.5 Å². The molecular formula is C29H40N6O4. The van der Waals surface area contributed by atoms with Crippen molar-refractivity contribution in [3.05, 3.63) is 41.5 Å². The lowest BCUT2D eigenvalue weighted by molar-refractivity contribution is -0.119. The van der Waals surface area contributed by atoms with E-state index in [2.05, 4.69) is 16.8 Å². The summed E-state index contributed by atoms with van der Waals surface area (Å²) < 4.78 is 0. The van der Waals surface area contributed by atoms with Crippen LogP contribution in [0.15, 0.2) is 30.3 Å². The second-order valence-corrected chi connectivity index (χ2v) is 10.4. The van der Waals surface area contributed by atoms with Crippen LogP contribution < -0.4 is 16.4 Å². The Morgan fingerprint density at radius 1 is 0.795 bits per heavy atom. The average Bonchev–Trinajstić information content (AvgIpc) is 2.93. The lowest BCUT2D eigenvalue weighted by atomic mass is 9.92. The maximum Gasteiger partial charge on any atom is 0.261 e. The number of rotatable bonds is 14. The Bertz CT molecular complexity index is 1180. The number of hydrogen-bond donors (Lipinski definition) is 2. The van der Waals surface area contributed by atoms with Crippen LogP contribution in [-0.4, -0.2) is 111 Å². The van der Waals surface area contributed by atoms with E-state index >= 15 is 0 Å². The minimum Gasteiger partial charge on any atom is -0.368 e. The number of nitrogens with two attached hydrogens (primary N) is 2. The molecule has 0 saturated carbocycles. The SMILES string of the molecule is CN1CCN(c2ccc3c4c(cccc24)C(=O)N(CCN(CCC(=O)CCN)CCC(=O)CCN)C3=O)CC1. The predicted molar refractivity (Wildman–Crippen MR) is 152 cm³/mol. The lowest BCUT2D eigenvalue weighted by Crippen LogP contribution is -2.46. The van der Waals surface area contributed by atoms with Gasteiger partial charge in [0.1, 0.15) is 11.6 Å². The van der Waals surface area contributed by atoms with Gasteiger partial charge in [0, 0.05) is 106 Å². The largest absolute Gasteiger partial charge is 0.368 e. The third-order valence-corrected chi connectivity index (χ3v) is 7.71. The average molecular weight is 537 g/mol. The van der Waals surface area contributed by atoms with E-state index in [1.807, 2.05) is 29.2 Å². The van der Waals surface area contributed by atoms with Gasteiger partial charge >= 0.3 is 0 Å². The summed E-state index contributed by atoms with van der Waals surface area (Å²) >= 11 is 0. The van der Waals surface area contributed by atoms with Gasteiger partial charge in [-0.1, -0.05) is 12.1 Å². The van der Waals surface area contributed by atoms with Gasteiger partial charge in [-0.2, -0.15) is 0 Å². The van der Waals surface area contributed by atoms with Gasteiger partial charge < -0.3 is 26.2 Å². The van der Waals surface area contributed by atoms with E-state index in [-0.39, 0.29) is 29.9 Å². The molecular weight excluding hydrogens is 496 g/mol. The molecule has 2 aromatic carbocycles. The fraction of sp³-hybridized carbons (Fsp3) is 0.517. The Balaban J connectivity index is 1.51. The molecule has 4 rings (SSSR count). The Hall–Kier alpha value is -3.18. The molecule has 2 aliphatic rings. The normalized spacial score (nSPS) is 16.0. The second-order valence-electron chi connectivity index (χ2n) is 10.4. The summed E-state index contributed by atoms with van der Waals surface area (Å²) in [6.07, 6.45) is 1.22. The first-order valence-corrected chi connectivity index (χ1v) is 13.8. The topological polar surface area (TPSA) is 133 Å². The van der Waals surface area contributed by atoms with Gasteiger partial charge in [-0.25, -0.2) is 0 Å². The summed E-state index contributed by atoms with van der Waals surface area (Å²) in [7, 11) is 2.11. The van der Waals surface area contributed by atoms with Crippen molar-refractivity contribution in [3.8, 4) is 0 Å². The maximum absolute atomic E-state index is 13.6. The third kappa shape index (κ3) is 6.70. The Morgan fingerprint density at radius 2 is 1.38 bits per heavy atom. The smallest absolute Gasteiger partial charge is 0.261 e. The van der Waals surface area contributed by atoms with Crippen LogP contribution in [0, 0.1) is 0 Å². The zero-order chi connectivity index (χ0) is 27.9. The summed E-state index contributed by atoms with van der Waals surface area (Å²) in [5.74, 6) is -0.519. The van der Waals surface area contributed by atoms with Crippen molar-refractivity contribution in [1.29, 1.82) is 0 Å². The maximum atomic E-state index is 13.6. The zero-order valence-electron chi connectivity index (χ0n) is 22.9. The van der Waals surface area contributed by atoms with Gasteiger partial charge in [0.25, 0.3) is 11.8 Å².